The maximum absolute atomic E-state index is 11.6. The number of nitrogens with one attached hydrogen (secondary N) is 1. The fourth-order valence-corrected chi connectivity index (χ4v) is 2.66. The average Bonchev–Trinajstić information content (AvgIpc) is 2.69. The molecule has 0 saturated carbocycles. The van der Waals surface area contributed by atoms with E-state index in [2.05, 4.69) is 25.2 Å². The van der Waals surface area contributed by atoms with E-state index < -0.39 is 0 Å². The molecule has 1 amide bonds. The first-order chi connectivity index (χ1) is 8.60. The van der Waals surface area contributed by atoms with Crippen molar-refractivity contribution in [2.24, 2.45) is 5.92 Å². The van der Waals surface area contributed by atoms with Gasteiger partial charge in [-0.25, -0.2) is 0 Å². The predicted molar refractivity (Wildman–Crippen MR) is 71.7 cm³/mol. The van der Waals surface area contributed by atoms with Crippen molar-refractivity contribution in [3.05, 3.63) is 29.8 Å². The molecule has 3 heteroatoms. The predicted octanol–water partition coefficient (Wildman–Crippen LogP) is 2.71. The Kier molecular flexibility index (Phi) is 3.90. The Balaban J connectivity index is 2.20. The van der Waals surface area contributed by atoms with Crippen LogP contribution < -0.4 is 10.1 Å². The van der Waals surface area contributed by atoms with Gasteiger partial charge in [-0.1, -0.05) is 26.0 Å². The second kappa shape index (κ2) is 5.42. The normalized spacial score (nSPS) is 23.2. The standard InChI is InChI=1S/C15H21NO2/c1-10(2)7-14-13(9-15(17)16-14)11-5-4-6-12(8-11)18-3/h4-6,8,10,13-14H,7,9H2,1-3H3,(H,16,17). The monoisotopic (exact) mass is 247 g/mol. The van der Waals surface area contributed by atoms with Gasteiger partial charge in [-0.2, -0.15) is 0 Å². The third kappa shape index (κ3) is 2.84. The van der Waals surface area contributed by atoms with Crippen LogP contribution in [-0.4, -0.2) is 19.1 Å². The van der Waals surface area contributed by atoms with E-state index in [0.29, 0.717) is 12.3 Å². The van der Waals surface area contributed by atoms with Crippen LogP contribution in [0.25, 0.3) is 0 Å². The van der Waals surface area contributed by atoms with E-state index in [-0.39, 0.29) is 17.9 Å². The van der Waals surface area contributed by atoms with E-state index >= 15 is 0 Å². The van der Waals surface area contributed by atoms with E-state index in [4.69, 9.17) is 4.74 Å². The molecule has 1 fully saturated rings. The summed E-state index contributed by atoms with van der Waals surface area (Å²) in [6.45, 7) is 4.38. The molecule has 2 unspecified atom stereocenters. The smallest absolute Gasteiger partial charge is 0.220 e. The van der Waals surface area contributed by atoms with Crippen molar-refractivity contribution in [3.63, 3.8) is 0 Å². The summed E-state index contributed by atoms with van der Waals surface area (Å²) in [5.74, 6) is 1.88. The van der Waals surface area contributed by atoms with E-state index in [1.54, 1.807) is 7.11 Å². The zero-order valence-electron chi connectivity index (χ0n) is 11.3. The molecule has 0 radical (unpaired) electrons. The minimum atomic E-state index is 0.161. The lowest BCUT2D eigenvalue weighted by Crippen LogP contribution is -2.29. The lowest BCUT2D eigenvalue weighted by molar-refractivity contribution is -0.119. The Morgan fingerprint density at radius 2 is 2.22 bits per heavy atom. The maximum Gasteiger partial charge on any atom is 0.220 e. The van der Waals surface area contributed by atoms with E-state index in [1.165, 1.54) is 5.56 Å². The molecule has 0 bridgehead atoms. The highest BCUT2D eigenvalue weighted by Gasteiger charge is 2.33. The van der Waals surface area contributed by atoms with Crippen LogP contribution in [0.3, 0.4) is 0 Å². The van der Waals surface area contributed by atoms with Crippen LogP contribution in [0.4, 0.5) is 0 Å². The summed E-state index contributed by atoms with van der Waals surface area (Å²) >= 11 is 0. The van der Waals surface area contributed by atoms with Crippen molar-refractivity contribution < 1.29 is 9.53 Å². The minimum absolute atomic E-state index is 0.161. The second-order valence-electron chi connectivity index (χ2n) is 5.39. The minimum Gasteiger partial charge on any atom is -0.497 e. The van der Waals surface area contributed by atoms with Crippen molar-refractivity contribution >= 4 is 5.91 Å². The van der Waals surface area contributed by atoms with Gasteiger partial charge in [0.1, 0.15) is 5.75 Å². The molecule has 0 spiro atoms. The molecular weight excluding hydrogens is 226 g/mol. The van der Waals surface area contributed by atoms with E-state index in [1.807, 2.05) is 18.2 Å². The van der Waals surface area contributed by atoms with Crippen LogP contribution in [0, 0.1) is 5.92 Å². The molecule has 18 heavy (non-hydrogen) atoms. The van der Waals surface area contributed by atoms with Gasteiger partial charge in [-0.3, -0.25) is 4.79 Å². The van der Waals surface area contributed by atoms with Crippen molar-refractivity contribution in [1.29, 1.82) is 0 Å². The summed E-state index contributed by atoms with van der Waals surface area (Å²) in [6, 6.07) is 8.30. The Hall–Kier alpha value is -1.51. The van der Waals surface area contributed by atoms with Crippen molar-refractivity contribution in [2.45, 2.75) is 38.6 Å². The Morgan fingerprint density at radius 1 is 1.44 bits per heavy atom. The summed E-state index contributed by atoms with van der Waals surface area (Å²) in [4.78, 5) is 11.6. The summed E-state index contributed by atoms with van der Waals surface area (Å²) in [5.41, 5.74) is 1.19. The Morgan fingerprint density at radius 3 is 2.89 bits per heavy atom. The van der Waals surface area contributed by atoms with Gasteiger partial charge in [0.2, 0.25) is 5.91 Å². The fourth-order valence-electron chi connectivity index (χ4n) is 2.66. The average molecular weight is 247 g/mol. The molecule has 1 aliphatic heterocycles. The first kappa shape index (κ1) is 12.9. The molecular formula is C15H21NO2. The first-order valence-corrected chi connectivity index (χ1v) is 6.53. The third-order valence-corrected chi connectivity index (χ3v) is 3.48. The molecule has 1 aliphatic rings. The highest BCUT2D eigenvalue weighted by Crippen LogP contribution is 2.33. The third-order valence-electron chi connectivity index (χ3n) is 3.48. The van der Waals surface area contributed by atoms with Gasteiger partial charge in [0.05, 0.1) is 7.11 Å². The molecule has 3 nitrogen and oxygen atoms in total. The number of amides is 1. The van der Waals surface area contributed by atoms with Crippen LogP contribution in [0.2, 0.25) is 0 Å². The van der Waals surface area contributed by atoms with Gasteiger partial charge in [0.15, 0.2) is 0 Å². The van der Waals surface area contributed by atoms with E-state index in [9.17, 15) is 4.79 Å². The summed E-state index contributed by atoms with van der Waals surface area (Å²) < 4.78 is 5.25. The van der Waals surface area contributed by atoms with Gasteiger partial charge in [0.25, 0.3) is 0 Å². The van der Waals surface area contributed by atoms with Gasteiger partial charge < -0.3 is 10.1 Å². The van der Waals surface area contributed by atoms with Crippen molar-refractivity contribution in [2.75, 3.05) is 7.11 Å². The van der Waals surface area contributed by atoms with Crippen LogP contribution >= 0.6 is 0 Å². The molecule has 0 aromatic heterocycles. The number of ether oxygens (including phenoxy) is 1. The van der Waals surface area contributed by atoms with Gasteiger partial charge in [-0.15, -0.1) is 0 Å². The summed E-state index contributed by atoms with van der Waals surface area (Å²) in [5, 5.41) is 3.09. The SMILES string of the molecule is COc1cccc(C2CC(=O)NC2CC(C)C)c1. The van der Waals surface area contributed by atoms with Crippen LogP contribution in [0.5, 0.6) is 5.75 Å². The van der Waals surface area contributed by atoms with Gasteiger partial charge in [0, 0.05) is 18.4 Å². The second-order valence-corrected chi connectivity index (χ2v) is 5.39. The molecule has 1 N–H and O–H groups in total. The highest BCUT2D eigenvalue weighted by atomic mass is 16.5. The summed E-state index contributed by atoms with van der Waals surface area (Å²) in [6.07, 6.45) is 1.61. The quantitative estimate of drug-likeness (QED) is 0.888. The highest BCUT2D eigenvalue weighted by molar-refractivity contribution is 5.80. The molecule has 1 aromatic rings. The van der Waals surface area contributed by atoms with Gasteiger partial charge in [-0.05, 0) is 30.0 Å². The number of rotatable bonds is 4. The Labute approximate surface area is 109 Å². The van der Waals surface area contributed by atoms with Crippen molar-refractivity contribution in [3.8, 4) is 5.75 Å². The van der Waals surface area contributed by atoms with Crippen LogP contribution in [-0.2, 0) is 4.79 Å². The van der Waals surface area contributed by atoms with Crippen LogP contribution in [0.1, 0.15) is 38.2 Å². The number of methoxy groups -OCH3 is 1. The molecule has 2 atom stereocenters. The number of carbonyl (C=O) groups is 1. The first-order valence-electron chi connectivity index (χ1n) is 6.53. The number of hydrogen-bond donors (Lipinski definition) is 1. The number of hydrogen-bond acceptors (Lipinski definition) is 2. The maximum atomic E-state index is 11.6. The lowest BCUT2D eigenvalue weighted by atomic mass is 9.87. The number of benzene rings is 1. The topological polar surface area (TPSA) is 38.3 Å². The zero-order valence-corrected chi connectivity index (χ0v) is 11.3. The molecule has 1 saturated heterocycles. The van der Waals surface area contributed by atoms with Crippen LogP contribution in [0.15, 0.2) is 24.3 Å². The summed E-state index contributed by atoms with van der Waals surface area (Å²) in [7, 11) is 1.67. The molecule has 0 aliphatic carbocycles. The van der Waals surface area contributed by atoms with Gasteiger partial charge >= 0.3 is 0 Å². The Bertz CT molecular complexity index is 428. The number of carbonyl (C=O) groups excluding carboxylic acids is 1. The molecule has 98 valence electrons. The molecule has 2 rings (SSSR count). The zero-order chi connectivity index (χ0) is 13.1. The van der Waals surface area contributed by atoms with Crippen molar-refractivity contribution in [1.82, 2.24) is 5.32 Å². The fraction of sp³-hybridized carbons (Fsp3) is 0.533. The molecule has 1 aromatic carbocycles. The molecule has 1 heterocycles. The van der Waals surface area contributed by atoms with E-state index in [0.717, 1.165) is 12.2 Å². The largest absolute Gasteiger partial charge is 0.497 e. The lowest BCUT2D eigenvalue weighted by Gasteiger charge is -2.21.